The summed E-state index contributed by atoms with van der Waals surface area (Å²) in [6.07, 6.45) is 3.10. The quantitative estimate of drug-likeness (QED) is 0.322. The van der Waals surface area contributed by atoms with Crippen molar-refractivity contribution >= 4 is 17.9 Å². The fourth-order valence-electron chi connectivity index (χ4n) is 7.49. The summed E-state index contributed by atoms with van der Waals surface area (Å²) in [5.41, 5.74) is 13.1. The second-order valence-corrected chi connectivity index (χ2v) is 13.7. The summed E-state index contributed by atoms with van der Waals surface area (Å²) in [7, 11) is 0. The molecule has 1 aliphatic heterocycles. The summed E-state index contributed by atoms with van der Waals surface area (Å²) in [6, 6.07) is 17.7. The number of imide groups is 1. The molecule has 0 spiro atoms. The van der Waals surface area contributed by atoms with Crippen molar-refractivity contribution < 1.29 is 28.7 Å². The first-order valence-electron chi connectivity index (χ1n) is 16.1. The topological polar surface area (TPSA) is 136 Å². The summed E-state index contributed by atoms with van der Waals surface area (Å²) < 4.78 is 6.12. The average molecular weight is 608 g/mol. The van der Waals surface area contributed by atoms with Crippen LogP contribution in [0.4, 0.5) is 4.79 Å². The summed E-state index contributed by atoms with van der Waals surface area (Å²) in [4.78, 5) is 41.3. The molecule has 0 bridgehead atoms. The molecule has 9 nitrogen and oxygen atoms in total. The Hall–Kier alpha value is -3.27. The maximum Gasteiger partial charge on any atom is 0.421 e. The number of piperidine rings is 1. The first-order valence-corrected chi connectivity index (χ1v) is 16.1. The predicted octanol–water partition coefficient (Wildman–Crippen LogP) is 4.50. The van der Waals surface area contributed by atoms with E-state index in [0.717, 1.165) is 41.8 Å². The van der Waals surface area contributed by atoms with Gasteiger partial charge in [-0.2, -0.15) is 4.90 Å². The number of aliphatic hydroxyl groups is 1. The van der Waals surface area contributed by atoms with Crippen LogP contribution >= 0.6 is 0 Å². The van der Waals surface area contributed by atoms with Crippen LogP contribution in [0.25, 0.3) is 0 Å². The normalized spacial score (nSPS) is 23.9. The number of ether oxygens (including phenoxy) is 1. The summed E-state index contributed by atoms with van der Waals surface area (Å²) in [6.45, 7) is 7.72. The maximum atomic E-state index is 14.2. The molecule has 6 atom stereocenters. The van der Waals surface area contributed by atoms with Gasteiger partial charge in [-0.05, 0) is 69.9 Å². The molecule has 2 aromatic rings. The van der Waals surface area contributed by atoms with Crippen LogP contribution in [0.2, 0.25) is 0 Å². The number of amides is 3. The molecule has 5 N–H and O–H groups in total. The molecular weight excluding hydrogens is 556 g/mol. The van der Waals surface area contributed by atoms with E-state index in [9.17, 15) is 19.5 Å². The Morgan fingerprint density at radius 2 is 1.55 bits per heavy atom. The Balaban J connectivity index is 1.79. The van der Waals surface area contributed by atoms with Crippen molar-refractivity contribution in [1.82, 2.24) is 4.90 Å². The Kier molecular flexibility index (Phi) is 11.2. The molecule has 2 aliphatic rings. The lowest BCUT2D eigenvalue weighted by molar-refractivity contribution is -1.01. The number of nitrogens with two attached hydrogens (primary N) is 2. The fraction of sp³-hybridized carbons (Fsp3) is 0.571. The average Bonchev–Trinajstić information content (AvgIpc) is 3.00. The molecule has 44 heavy (non-hydrogen) atoms. The molecule has 2 aromatic carbocycles. The van der Waals surface area contributed by atoms with E-state index in [0.29, 0.717) is 35.7 Å². The van der Waals surface area contributed by atoms with Gasteiger partial charge in [0.2, 0.25) is 12.1 Å². The summed E-state index contributed by atoms with van der Waals surface area (Å²) >= 11 is 0. The molecule has 1 saturated carbocycles. The van der Waals surface area contributed by atoms with Crippen LogP contribution in [0.1, 0.15) is 76.8 Å². The van der Waals surface area contributed by atoms with Crippen LogP contribution in [0, 0.1) is 11.8 Å². The number of hydrogen-bond donors (Lipinski definition) is 3. The highest BCUT2D eigenvalue weighted by Crippen LogP contribution is 2.45. The van der Waals surface area contributed by atoms with Gasteiger partial charge in [0.25, 0.3) is 5.91 Å². The molecule has 3 amide bonds. The number of aryl methyl sites for hydroxylation is 1. The minimum atomic E-state index is -1.35. The zero-order valence-corrected chi connectivity index (χ0v) is 26.6. The lowest BCUT2D eigenvalue weighted by atomic mass is 9.72. The fourth-order valence-corrected chi connectivity index (χ4v) is 7.49. The Morgan fingerprint density at radius 3 is 2.14 bits per heavy atom. The van der Waals surface area contributed by atoms with Crippen molar-refractivity contribution in [2.24, 2.45) is 23.3 Å². The number of hydrogen-bond acceptors (Lipinski definition) is 6. The molecule has 0 aromatic heterocycles. The third kappa shape index (κ3) is 7.86. The number of benzene rings is 2. The number of aliphatic hydroxyl groups excluding tert-OH is 1. The van der Waals surface area contributed by atoms with Crippen LogP contribution < -0.4 is 11.5 Å². The van der Waals surface area contributed by atoms with Crippen molar-refractivity contribution in [1.29, 1.82) is 0 Å². The van der Waals surface area contributed by atoms with E-state index in [1.807, 2.05) is 60.7 Å². The van der Waals surface area contributed by atoms with Crippen molar-refractivity contribution in [3.63, 3.8) is 0 Å². The molecule has 4 rings (SSSR count). The number of carbonyl (C=O) groups excluding carboxylic acids is 3. The van der Waals surface area contributed by atoms with Crippen LogP contribution in [0.3, 0.4) is 0 Å². The predicted molar refractivity (Wildman–Crippen MR) is 170 cm³/mol. The highest BCUT2D eigenvalue weighted by Gasteiger charge is 2.58. The van der Waals surface area contributed by atoms with Gasteiger partial charge in [0.1, 0.15) is 12.7 Å². The van der Waals surface area contributed by atoms with Crippen LogP contribution in [0.5, 0.6) is 0 Å². The van der Waals surface area contributed by atoms with E-state index >= 15 is 0 Å². The van der Waals surface area contributed by atoms with Crippen molar-refractivity contribution in [3.8, 4) is 0 Å². The number of quaternary nitrogens is 1. The first-order chi connectivity index (χ1) is 20.9. The standard InChI is InChI=1S/C35H50N4O5/c1-35(2,3)39(21-20-27-16-10-11-17-28(27)23-39)32(30(40)19-18-25-12-6-4-7-13-25)38(33(42)29(36)22-31(37)41)34(43)44-24-26-14-8-5-9-15-26/h4-9,12-15,27-30,32,40H,10-11,16-24,36H2,1-3H3,(H-,37,41)/p+1/t27-,28+,29-,30?,32?,39-/m0/s1. The molecule has 2 unspecified atom stereocenters. The number of fused-ring (bicyclic) bond motifs is 1. The minimum absolute atomic E-state index is 0.0540. The van der Waals surface area contributed by atoms with E-state index in [1.165, 1.54) is 12.8 Å². The van der Waals surface area contributed by atoms with Gasteiger partial charge in [0, 0.05) is 5.92 Å². The van der Waals surface area contributed by atoms with E-state index in [1.54, 1.807) is 0 Å². The van der Waals surface area contributed by atoms with Gasteiger partial charge in [-0.25, -0.2) is 4.79 Å². The molecule has 1 saturated heterocycles. The molecule has 1 heterocycles. The molecular formula is C35H51N4O5+. The van der Waals surface area contributed by atoms with Gasteiger partial charge in [0.05, 0.1) is 31.1 Å². The Morgan fingerprint density at radius 1 is 0.955 bits per heavy atom. The van der Waals surface area contributed by atoms with E-state index in [-0.39, 0.29) is 6.61 Å². The molecule has 2 fully saturated rings. The molecule has 240 valence electrons. The number of rotatable bonds is 11. The van der Waals surface area contributed by atoms with E-state index in [4.69, 9.17) is 16.2 Å². The number of likely N-dealkylation sites (tertiary alicyclic amines) is 1. The van der Waals surface area contributed by atoms with Crippen LogP contribution in [-0.4, -0.2) is 69.3 Å². The lowest BCUT2D eigenvalue weighted by Gasteiger charge is -2.60. The van der Waals surface area contributed by atoms with Gasteiger partial charge in [-0.15, -0.1) is 0 Å². The van der Waals surface area contributed by atoms with Crippen molar-refractivity contribution in [2.75, 3.05) is 13.1 Å². The third-order valence-electron chi connectivity index (χ3n) is 9.93. The SMILES string of the molecule is CC(C)(C)[N@@+]1(C(C(O)CCc2ccccc2)N(C(=O)OCc2ccccc2)C(=O)[C@@H](N)CC(N)=O)CC[C@@H]2CCCC[C@@H]2C1. The Labute approximate surface area is 262 Å². The van der Waals surface area contributed by atoms with Crippen LogP contribution in [0.15, 0.2) is 60.7 Å². The largest absolute Gasteiger partial charge is 0.444 e. The second-order valence-electron chi connectivity index (χ2n) is 13.7. The molecule has 0 radical (unpaired) electrons. The first kappa shape index (κ1) is 33.6. The highest BCUT2D eigenvalue weighted by atomic mass is 16.6. The number of nitrogens with zero attached hydrogens (tertiary/aromatic N) is 2. The summed E-state index contributed by atoms with van der Waals surface area (Å²) in [5.74, 6) is -0.506. The van der Waals surface area contributed by atoms with Gasteiger partial charge in [0.15, 0.2) is 0 Å². The van der Waals surface area contributed by atoms with Crippen molar-refractivity contribution in [2.45, 2.75) is 103 Å². The molecule has 1 aliphatic carbocycles. The smallest absolute Gasteiger partial charge is 0.421 e. The second kappa shape index (κ2) is 14.7. The lowest BCUT2D eigenvalue weighted by Crippen LogP contribution is -2.78. The highest BCUT2D eigenvalue weighted by molar-refractivity contribution is 5.97. The molecule has 9 heteroatoms. The minimum Gasteiger partial charge on any atom is -0.444 e. The number of carbonyl (C=O) groups is 3. The van der Waals surface area contributed by atoms with Gasteiger partial charge < -0.3 is 21.3 Å². The zero-order valence-electron chi connectivity index (χ0n) is 26.6. The van der Waals surface area contributed by atoms with Crippen molar-refractivity contribution in [3.05, 3.63) is 71.8 Å². The number of primary amides is 1. The summed E-state index contributed by atoms with van der Waals surface area (Å²) in [5, 5.41) is 12.2. The van der Waals surface area contributed by atoms with Gasteiger partial charge >= 0.3 is 6.09 Å². The van der Waals surface area contributed by atoms with E-state index < -0.39 is 48.2 Å². The van der Waals surface area contributed by atoms with Crippen LogP contribution in [-0.2, 0) is 27.4 Å². The third-order valence-corrected chi connectivity index (χ3v) is 9.93. The van der Waals surface area contributed by atoms with E-state index in [2.05, 4.69) is 20.8 Å². The zero-order chi connectivity index (χ0) is 31.9. The maximum absolute atomic E-state index is 14.2. The van der Waals surface area contributed by atoms with Gasteiger partial charge in [-0.1, -0.05) is 73.5 Å². The monoisotopic (exact) mass is 607 g/mol. The van der Waals surface area contributed by atoms with Gasteiger partial charge in [-0.3, -0.25) is 14.1 Å². The Bertz CT molecular complexity index is 1250.